The van der Waals surface area contributed by atoms with Crippen molar-refractivity contribution < 1.29 is 0 Å². The molecule has 1 unspecified atom stereocenters. The van der Waals surface area contributed by atoms with Crippen LogP contribution in [0.4, 0.5) is 0 Å². The first kappa shape index (κ1) is 12.8. The SMILES string of the molecule is C#CCCCC(NC)c1cc(C)ccc1C. The average molecular weight is 215 g/mol. The smallest absolute Gasteiger partial charge is 0.0320 e. The molecule has 0 fully saturated rings. The van der Waals surface area contributed by atoms with Crippen LogP contribution in [0.3, 0.4) is 0 Å². The van der Waals surface area contributed by atoms with E-state index in [4.69, 9.17) is 6.42 Å². The summed E-state index contributed by atoms with van der Waals surface area (Å²) in [6, 6.07) is 7.04. The number of hydrogen-bond acceptors (Lipinski definition) is 1. The molecule has 0 heterocycles. The zero-order valence-electron chi connectivity index (χ0n) is 10.5. The van der Waals surface area contributed by atoms with E-state index in [2.05, 4.69) is 43.3 Å². The molecule has 0 aromatic heterocycles. The summed E-state index contributed by atoms with van der Waals surface area (Å²) in [6.07, 6.45) is 8.32. The van der Waals surface area contributed by atoms with Crippen LogP contribution in [0.1, 0.15) is 42.0 Å². The lowest BCUT2D eigenvalue weighted by Gasteiger charge is -2.19. The van der Waals surface area contributed by atoms with Crippen LogP contribution in [-0.2, 0) is 0 Å². The fourth-order valence-electron chi connectivity index (χ4n) is 2.00. The first-order chi connectivity index (χ1) is 7.69. The van der Waals surface area contributed by atoms with E-state index in [-0.39, 0.29) is 0 Å². The molecular weight excluding hydrogens is 194 g/mol. The minimum Gasteiger partial charge on any atom is -0.313 e. The van der Waals surface area contributed by atoms with E-state index in [1.54, 1.807) is 0 Å². The summed E-state index contributed by atoms with van der Waals surface area (Å²) in [7, 11) is 2.02. The van der Waals surface area contributed by atoms with Gasteiger partial charge in [0.1, 0.15) is 0 Å². The van der Waals surface area contributed by atoms with Crippen molar-refractivity contribution in [3.8, 4) is 12.3 Å². The molecule has 0 amide bonds. The van der Waals surface area contributed by atoms with Gasteiger partial charge in [-0.1, -0.05) is 23.8 Å². The van der Waals surface area contributed by atoms with Crippen molar-refractivity contribution in [3.05, 3.63) is 34.9 Å². The molecule has 86 valence electrons. The number of hydrogen-bond donors (Lipinski definition) is 1. The van der Waals surface area contributed by atoms with Crippen LogP contribution in [0.2, 0.25) is 0 Å². The standard InChI is InChI=1S/C15H21N/c1-5-6-7-8-15(16-4)14-11-12(2)9-10-13(14)3/h1,9-11,15-16H,6-8H2,2-4H3. The van der Waals surface area contributed by atoms with E-state index < -0.39 is 0 Å². The third-order valence-electron chi connectivity index (χ3n) is 2.97. The molecule has 0 saturated carbocycles. The van der Waals surface area contributed by atoms with Gasteiger partial charge in [0.2, 0.25) is 0 Å². The minimum absolute atomic E-state index is 0.424. The largest absolute Gasteiger partial charge is 0.313 e. The normalized spacial score (nSPS) is 12.1. The summed E-state index contributed by atoms with van der Waals surface area (Å²) >= 11 is 0. The Bertz CT molecular complexity index is 374. The van der Waals surface area contributed by atoms with Crippen molar-refractivity contribution in [2.75, 3.05) is 7.05 Å². The van der Waals surface area contributed by atoms with Gasteiger partial charge in [0.25, 0.3) is 0 Å². The topological polar surface area (TPSA) is 12.0 Å². The molecule has 1 aromatic carbocycles. The molecule has 0 saturated heterocycles. The average Bonchev–Trinajstić information content (AvgIpc) is 2.28. The van der Waals surface area contributed by atoms with Crippen molar-refractivity contribution in [2.24, 2.45) is 0 Å². The van der Waals surface area contributed by atoms with Crippen LogP contribution in [0.25, 0.3) is 0 Å². The minimum atomic E-state index is 0.424. The summed E-state index contributed by atoms with van der Waals surface area (Å²) in [5, 5.41) is 3.38. The molecule has 0 aliphatic rings. The highest BCUT2D eigenvalue weighted by molar-refractivity contribution is 5.32. The maximum atomic E-state index is 5.28. The fraction of sp³-hybridized carbons (Fsp3) is 0.467. The zero-order chi connectivity index (χ0) is 12.0. The second-order valence-electron chi connectivity index (χ2n) is 4.30. The van der Waals surface area contributed by atoms with E-state index in [1.807, 2.05) is 7.05 Å². The van der Waals surface area contributed by atoms with Gasteiger partial charge < -0.3 is 5.32 Å². The number of nitrogens with one attached hydrogen (secondary N) is 1. The van der Waals surface area contributed by atoms with Gasteiger partial charge in [-0.25, -0.2) is 0 Å². The number of aryl methyl sites for hydroxylation is 2. The molecule has 0 aliphatic carbocycles. The molecule has 1 rings (SSSR count). The summed E-state index contributed by atoms with van der Waals surface area (Å²) in [4.78, 5) is 0. The van der Waals surface area contributed by atoms with Crippen molar-refractivity contribution in [3.63, 3.8) is 0 Å². The summed E-state index contributed by atoms with van der Waals surface area (Å²) in [5.41, 5.74) is 4.07. The second kappa shape index (κ2) is 6.35. The second-order valence-corrected chi connectivity index (χ2v) is 4.30. The highest BCUT2D eigenvalue weighted by Gasteiger charge is 2.11. The molecule has 0 radical (unpaired) electrons. The zero-order valence-corrected chi connectivity index (χ0v) is 10.5. The molecule has 0 spiro atoms. The van der Waals surface area contributed by atoms with Gasteiger partial charge in [-0.15, -0.1) is 12.3 Å². The Morgan fingerprint density at radius 2 is 2.12 bits per heavy atom. The molecular formula is C15H21N. The van der Waals surface area contributed by atoms with E-state index in [9.17, 15) is 0 Å². The Morgan fingerprint density at radius 1 is 1.38 bits per heavy atom. The molecule has 1 nitrogen and oxygen atoms in total. The Balaban J connectivity index is 2.78. The number of terminal acetylenes is 1. The number of unbranched alkanes of at least 4 members (excludes halogenated alkanes) is 1. The Hall–Kier alpha value is -1.26. The van der Waals surface area contributed by atoms with Crippen molar-refractivity contribution >= 4 is 0 Å². The van der Waals surface area contributed by atoms with Gasteiger partial charge in [0.05, 0.1) is 0 Å². The fourth-order valence-corrected chi connectivity index (χ4v) is 2.00. The lowest BCUT2D eigenvalue weighted by molar-refractivity contribution is 0.529. The van der Waals surface area contributed by atoms with Gasteiger partial charge in [0, 0.05) is 12.5 Å². The third kappa shape index (κ3) is 3.40. The molecule has 1 aromatic rings. The van der Waals surface area contributed by atoms with Crippen LogP contribution in [0, 0.1) is 26.2 Å². The van der Waals surface area contributed by atoms with Gasteiger partial charge in [0.15, 0.2) is 0 Å². The molecule has 1 atom stereocenters. The van der Waals surface area contributed by atoms with Crippen LogP contribution < -0.4 is 5.32 Å². The third-order valence-corrected chi connectivity index (χ3v) is 2.97. The van der Waals surface area contributed by atoms with Gasteiger partial charge in [-0.2, -0.15) is 0 Å². The molecule has 0 aliphatic heterocycles. The Kier molecular flexibility index (Phi) is 5.08. The quantitative estimate of drug-likeness (QED) is 0.586. The van der Waals surface area contributed by atoms with Crippen molar-refractivity contribution in [1.29, 1.82) is 0 Å². The van der Waals surface area contributed by atoms with Crippen LogP contribution in [0.15, 0.2) is 18.2 Å². The summed E-state index contributed by atoms with van der Waals surface area (Å²) in [5.74, 6) is 2.70. The summed E-state index contributed by atoms with van der Waals surface area (Å²) in [6.45, 7) is 4.30. The first-order valence-corrected chi connectivity index (χ1v) is 5.87. The first-order valence-electron chi connectivity index (χ1n) is 5.87. The van der Waals surface area contributed by atoms with E-state index >= 15 is 0 Å². The number of benzene rings is 1. The number of rotatable bonds is 5. The van der Waals surface area contributed by atoms with Crippen LogP contribution in [-0.4, -0.2) is 7.05 Å². The van der Waals surface area contributed by atoms with E-state index in [0.29, 0.717) is 6.04 Å². The lowest BCUT2D eigenvalue weighted by Crippen LogP contribution is -2.17. The van der Waals surface area contributed by atoms with Crippen LogP contribution >= 0.6 is 0 Å². The van der Waals surface area contributed by atoms with E-state index in [1.165, 1.54) is 16.7 Å². The van der Waals surface area contributed by atoms with Gasteiger partial charge in [-0.3, -0.25) is 0 Å². The van der Waals surface area contributed by atoms with Gasteiger partial charge >= 0.3 is 0 Å². The summed E-state index contributed by atoms with van der Waals surface area (Å²) < 4.78 is 0. The molecule has 1 N–H and O–H groups in total. The molecule has 0 bridgehead atoms. The predicted octanol–water partition coefficient (Wildman–Crippen LogP) is 3.37. The monoisotopic (exact) mass is 215 g/mol. The lowest BCUT2D eigenvalue weighted by atomic mass is 9.95. The van der Waals surface area contributed by atoms with Crippen molar-refractivity contribution in [2.45, 2.75) is 39.2 Å². The van der Waals surface area contributed by atoms with Gasteiger partial charge in [-0.05, 0) is 44.9 Å². The maximum absolute atomic E-state index is 5.28. The maximum Gasteiger partial charge on any atom is 0.0320 e. The van der Waals surface area contributed by atoms with Crippen molar-refractivity contribution in [1.82, 2.24) is 5.32 Å². The highest BCUT2D eigenvalue weighted by atomic mass is 14.9. The Morgan fingerprint density at radius 3 is 2.75 bits per heavy atom. The Labute approximate surface area is 99.3 Å². The van der Waals surface area contributed by atoms with E-state index in [0.717, 1.165) is 19.3 Å². The highest BCUT2D eigenvalue weighted by Crippen LogP contribution is 2.23. The van der Waals surface area contributed by atoms with Crippen LogP contribution in [0.5, 0.6) is 0 Å². The molecule has 1 heteroatoms. The molecule has 16 heavy (non-hydrogen) atoms. The predicted molar refractivity (Wildman–Crippen MR) is 70.4 cm³/mol.